The Morgan fingerprint density at radius 1 is 1.16 bits per heavy atom. The predicted octanol–water partition coefficient (Wildman–Crippen LogP) is 4.04. The molecule has 0 aliphatic carbocycles. The van der Waals surface area contributed by atoms with Crippen LogP contribution in [0.3, 0.4) is 0 Å². The number of ether oxygens (including phenoxy) is 1. The lowest BCUT2D eigenvalue weighted by Crippen LogP contribution is -2.27. The molecule has 2 rings (SSSR count). The van der Waals surface area contributed by atoms with Crippen molar-refractivity contribution in [1.82, 2.24) is 0 Å². The summed E-state index contributed by atoms with van der Waals surface area (Å²) in [4.78, 5) is 10.3. The van der Waals surface area contributed by atoms with Crippen molar-refractivity contribution in [1.29, 1.82) is 0 Å². The number of halogens is 2. The Bertz CT molecular complexity index is 947. The van der Waals surface area contributed by atoms with Gasteiger partial charge >= 0.3 is 0 Å². The van der Waals surface area contributed by atoms with Crippen LogP contribution in [0.15, 0.2) is 35.2 Å². The van der Waals surface area contributed by atoms with Crippen LogP contribution in [0.5, 0.6) is 5.75 Å². The third kappa shape index (κ3) is 3.37. The highest BCUT2D eigenvalue weighted by Crippen LogP contribution is 2.39. The van der Waals surface area contributed by atoms with Crippen molar-refractivity contribution in [3.8, 4) is 5.75 Å². The maximum Gasteiger partial charge on any atom is 0.274 e. The molecule has 0 unspecified atom stereocenters. The van der Waals surface area contributed by atoms with Gasteiger partial charge in [-0.15, -0.1) is 0 Å². The molecule has 0 amide bonds. The van der Waals surface area contributed by atoms with Crippen molar-refractivity contribution in [3.05, 3.63) is 56.1 Å². The van der Waals surface area contributed by atoms with Gasteiger partial charge in [-0.3, -0.25) is 14.4 Å². The van der Waals surface area contributed by atoms with Crippen LogP contribution < -0.4 is 9.04 Å². The number of hydrogen-bond acceptors (Lipinski definition) is 5. The van der Waals surface area contributed by atoms with Gasteiger partial charge in [-0.05, 0) is 25.1 Å². The molecule has 7 nitrogen and oxygen atoms in total. The molecule has 0 bridgehead atoms. The molecule has 134 valence electrons. The molecular formula is C15H14Cl2N2O5S. The van der Waals surface area contributed by atoms with Gasteiger partial charge in [0.05, 0.1) is 28.3 Å². The van der Waals surface area contributed by atoms with Crippen LogP contribution in [-0.2, 0) is 10.0 Å². The van der Waals surface area contributed by atoms with Crippen molar-refractivity contribution >= 4 is 44.6 Å². The van der Waals surface area contributed by atoms with Gasteiger partial charge in [0.1, 0.15) is 15.7 Å². The number of rotatable bonds is 5. The first-order valence-electron chi connectivity index (χ1n) is 6.87. The zero-order chi connectivity index (χ0) is 18.9. The maximum atomic E-state index is 12.9. The summed E-state index contributed by atoms with van der Waals surface area (Å²) in [5, 5.41) is 10.9. The average molecular weight is 405 g/mol. The van der Waals surface area contributed by atoms with E-state index in [4.69, 9.17) is 27.9 Å². The monoisotopic (exact) mass is 404 g/mol. The SMILES string of the molecule is COc1ccc(S(=O)(=O)N(C)c2cccc([N+](=O)[O-])c2C)c(Cl)c1Cl. The van der Waals surface area contributed by atoms with E-state index in [1.807, 2.05) is 0 Å². The highest BCUT2D eigenvalue weighted by Gasteiger charge is 2.29. The minimum Gasteiger partial charge on any atom is -0.495 e. The highest BCUT2D eigenvalue weighted by molar-refractivity contribution is 7.93. The Morgan fingerprint density at radius 2 is 1.80 bits per heavy atom. The Kier molecular flexibility index (Phi) is 5.46. The van der Waals surface area contributed by atoms with Gasteiger partial charge in [0.2, 0.25) is 0 Å². The smallest absolute Gasteiger partial charge is 0.274 e. The Hall–Kier alpha value is -2.03. The summed E-state index contributed by atoms with van der Waals surface area (Å²) in [7, 11) is -1.43. The maximum absolute atomic E-state index is 12.9. The fraction of sp³-hybridized carbons (Fsp3) is 0.200. The van der Waals surface area contributed by atoms with E-state index in [0.29, 0.717) is 0 Å². The third-order valence-electron chi connectivity index (χ3n) is 3.68. The minimum atomic E-state index is -4.10. The van der Waals surface area contributed by atoms with Crippen molar-refractivity contribution in [2.45, 2.75) is 11.8 Å². The van der Waals surface area contributed by atoms with Crippen molar-refractivity contribution in [2.75, 3.05) is 18.5 Å². The van der Waals surface area contributed by atoms with E-state index >= 15 is 0 Å². The highest BCUT2D eigenvalue weighted by atomic mass is 35.5. The van der Waals surface area contributed by atoms with Gasteiger partial charge in [0.15, 0.2) is 0 Å². The summed E-state index contributed by atoms with van der Waals surface area (Å²) in [6, 6.07) is 6.84. The fourth-order valence-corrected chi connectivity index (χ4v) is 4.37. The van der Waals surface area contributed by atoms with E-state index in [0.717, 1.165) is 4.31 Å². The van der Waals surface area contributed by atoms with E-state index in [1.165, 1.54) is 51.4 Å². The molecular weight excluding hydrogens is 391 g/mol. The first-order valence-corrected chi connectivity index (χ1v) is 9.07. The fourth-order valence-electron chi connectivity index (χ4n) is 2.30. The van der Waals surface area contributed by atoms with Crippen LogP contribution in [-0.4, -0.2) is 27.5 Å². The molecule has 2 aromatic carbocycles. The van der Waals surface area contributed by atoms with E-state index < -0.39 is 14.9 Å². The van der Waals surface area contributed by atoms with Crippen LogP contribution in [0.1, 0.15) is 5.56 Å². The van der Waals surface area contributed by atoms with Gasteiger partial charge in [0.25, 0.3) is 15.7 Å². The normalized spacial score (nSPS) is 11.2. The van der Waals surface area contributed by atoms with E-state index in [-0.39, 0.29) is 37.6 Å². The van der Waals surface area contributed by atoms with E-state index in [1.54, 1.807) is 0 Å². The molecule has 0 N–H and O–H groups in total. The number of nitrogens with zero attached hydrogens (tertiary/aromatic N) is 2. The van der Waals surface area contributed by atoms with Gasteiger partial charge in [-0.25, -0.2) is 8.42 Å². The molecule has 0 atom stereocenters. The molecule has 0 saturated carbocycles. The topological polar surface area (TPSA) is 89.8 Å². The number of sulfonamides is 1. The van der Waals surface area contributed by atoms with E-state index in [2.05, 4.69) is 0 Å². The largest absolute Gasteiger partial charge is 0.495 e. The first-order chi connectivity index (χ1) is 11.6. The summed E-state index contributed by atoms with van der Waals surface area (Å²) >= 11 is 12.1. The second-order valence-electron chi connectivity index (χ2n) is 5.04. The van der Waals surface area contributed by atoms with Gasteiger partial charge in [-0.2, -0.15) is 0 Å². The summed E-state index contributed by atoms with van der Waals surface area (Å²) < 4.78 is 31.8. The number of benzene rings is 2. The van der Waals surface area contributed by atoms with E-state index in [9.17, 15) is 18.5 Å². The molecule has 0 spiro atoms. The van der Waals surface area contributed by atoms with Crippen LogP contribution in [0.4, 0.5) is 11.4 Å². The molecule has 0 saturated heterocycles. The molecule has 0 aliphatic rings. The van der Waals surface area contributed by atoms with Gasteiger partial charge < -0.3 is 4.74 Å². The third-order valence-corrected chi connectivity index (χ3v) is 6.47. The number of hydrogen-bond donors (Lipinski definition) is 0. The summed E-state index contributed by atoms with van der Waals surface area (Å²) in [5.41, 5.74) is 0.199. The van der Waals surface area contributed by atoms with Crippen molar-refractivity contribution < 1.29 is 18.1 Å². The Balaban J connectivity index is 2.60. The standard InChI is InChI=1S/C15H14Cl2N2O5S/c1-9-10(5-4-6-11(9)19(20)21)18(2)25(22,23)13-8-7-12(24-3)14(16)15(13)17/h4-8H,1-3H3. The molecule has 0 fully saturated rings. The number of anilines is 1. The molecule has 0 aliphatic heterocycles. The molecule has 0 aromatic heterocycles. The van der Waals surface area contributed by atoms with Crippen LogP contribution >= 0.6 is 23.2 Å². The predicted molar refractivity (Wildman–Crippen MR) is 96.4 cm³/mol. The van der Waals surface area contributed by atoms with Crippen LogP contribution in [0.25, 0.3) is 0 Å². The summed E-state index contributed by atoms with van der Waals surface area (Å²) in [5.74, 6) is 0.236. The zero-order valence-electron chi connectivity index (χ0n) is 13.5. The summed E-state index contributed by atoms with van der Waals surface area (Å²) in [6.45, 7) is 1.47. The molecule has 10 heteroatoms. The number of methoxy groups -OCH3 is 1. The Labute approximate surface area is 154 Å². The Morgan fingerprint density at radius 3 is 2.36 bits per heavy atom. The number of nitro benzene ring substituents is 1. The van der Waals surface area contributed by atoms with Crippen LogP contribution in [0, 0.1) is 17.0 Å². The van der Waals surface area contributed by atoms with Gasteiger partial charge in [0, 0.05) is 13.1 Å². The lowest BCUT2D eigenvalue weighted by Gasteiger charge is -2.22. The second kappa shape index (κ2) is 7.07. The van der Waals surface area contributed by atoms with Crippen LogP contribution in [0.2, 0.25) is 10.0 Å². The van der Waals surface area contributed by atoms with Crippen molar-refractivity contribution in [2.24, 2.45) is 0 Å². The minimum absolute atomic E-state index is 0.0330. The first kappa shape index (κ1) is 19.3. The lowest BCUT2D eigenvalue weighted by molar-refractivity contribution is -0.385. The molecule has 2 aromatic rings. The van der Waals surface area contributed by atoms with Gasteiger partial charge in [-0.1, -0.05) is 29.3 Å². The number of nitro groups is 1. The lowest BCUT2D eigenvalue weighted by atomic mass is 10.1. The second-order valence-corrected chi connectivity index (χ2v) is 7.74. The zero-order valence-corrected chi connectivity index (χ0v) is 15.8. The summed E-state index contributed by atoms with van der Waals surface area (Å²) in [6.07, 6.45) is 0. The molecule has 0 heterocycles. The quantitative estimate of drug-likeness (QED) is 0.553. The average Bonchev–Trinajstić information content (AvgIpc) is 2.56. The van der Waals surface area contributed by atoms with Crippen molar-refractivity contribution in [3.63, 3.8) is 0 Å². The molecule has 25 heavy (non-hydrogen) atoms. The molecule has 0 radical (unpaired) electrons.